The molecule has 1 atom stereocenters. The van der Waals surface area contributed by atoms with Crippen LogP contribution in [0.15, 0.2) is 0 Å². The van der Waals surface area contributed by atoms with E-state index in [1.54, 1.807) is 0 Å². The second-order valence-electron chi connectivity index (χ2n) is 5.01. The van der Waals surface area contributed by atoms with E-state index in [4.69, 9.17) is 0 Å². The van der Waals surface area contributed by atoms with Crippen molar-refractivity contribution >= 4 is 11.6 Å². The van der Waals surface area contributed by atoms with Crippen LogP contribution >= 0.6 is 0 Å². The fraction of sp³-hybridized carbons (Fsp3) is 0.818. The molecule has 1 unspecified atom stereocenters. The van der Waals surface area contributed by atoms with Crippen LogP contribution in [0.5, 0.6) is 0 Å². The molecule has 1 aliphatic rings. The van der Waals surface area contributed by atoms with E-state index < -0.39 is 0 Å². The Balaban J connectivity index is 2.40. The Morgan fingerprint density at radius 2 is 1.85 bits per heavy atom. The molecule has 0 spiro atoms. The molecule has 1 rings (SSSR count). The summed E-state index contributed by atoms with van der Waals surface area (Å²) in [5.41, 5.74) is 0.161. The van der Waals surface area contributed by atoms with Gasteiger partial charge in [0.2, 0.25) is 0 Å². The summed E-state index contributed by atoms with van der Waals surface area (Å²) in [6.45, 7) is 7.84. The van der Waals surface area contributed by atoms with Crippen molar-refractivity contribution in [1.29, 1.82) is 0 Å². The molecule has 2 heteroatoms. The summed E-state index contributed by atoms with van der Waals surface area (Å²) in [6, 6.07) is 0. The van der Waals surface area contributed by atoms with Gasteiger partial charge in [0, 0.05) is 11.8 Å². The monoisotopic (exact) mass is 182 g/mol. The molecule has 1 fully saturated rings. The van der Waals surface area contributed by atoms with Crippen LogP contribution < -0.4 is 0 Å². The Hall–Kier alpha value is -0.660. The van der Waals surface area contributed by atoms with E-state index in [0.717, 1.165) is 6.42 Å². The Labute approximate surface area is 79.7 Å². The molecule has 2 nitrogen and oxygen atoms in total. The standard InChI is InChI=1S/C11H18O2/c1-7(2)9(12)5-10(13)8-6-11(8,3)4/h7-8H,5-6H2,1-4H3. The van der Waals surface area contributed by atoms with E-state index >= 15 is 0 Å². The first-order chi connectivity index (χ1) is 5.84. The lowest BCUT2D eigenvalue weighted by Gasteiger charge is -2.04. The zero-order valence-corrected chi connectivity index (χ0v) is 8.89. The number of rotatable bonds is 4. The van der Waals surface area contributed by atoms with Crippen LogP contribution in [0.2, 0.25) is 0 Å². The Morgan fingerprint density at radius 3 is 2.15 bits per heavy atom. The molecule has 74 valence electrons. The zero-order valence-electron chi connectivity index (χ0n) is 8.89. The van der Waals surface area contributed by atoms with Gasteiger partial charge in [-0.3, -0.25) is 9.59 Å². The summed E-state index contributed by atoms with van der Waals surface area (Å²) in [6.07, 6.45) is 1.10. The molecule has 0 saturated heterocycles. The second-order valence-corrected chi connectivity index (χ2v) is 5.01. The summed E-state index contributed by atoms with van der Waals surface area (Å²) < 4.78 is 0. The second kappa shape index (κ2) is 3.24. The maximum Gasteiger partial charge on any atom is 0.143 e. The minimum absolute atomic E-state index is 0.00851. The van der Waals surface area contributed by atoms with E-state index in [0.29, 0.717) is 0 Å². The normalized spacial score (nSPS) is 24.5. The van der Waals surface area contributed by atoms with Gasteiger partial charge >= 0.3 is 0 Å². The number of Topliss-reactive ketones (excluding diaryl/α,β-unsaturated/α-hetero) is 2. The molecule has 0 aromatic carbocycles. The van der Waals surface area contributed by atoms with Crippen LogP contribution in [0.3, 0.4) is 0 Å². The smallest absolute Gasteiger partial charge is 0.143 e. The lowest BCUT2D eigenvalue weighted by Crippen LogP contribution is -2.16. The predicted octanol–water partition coefficient (Wildman–Crippen LogP) is 2.22. The highest BCUT2D eigenvalue weighted by atomic mass is 16.1. The van der Waals surface area contributed by atoms with Crippen LogP contribution in [0.25, 0.3) is 0 Å². The van der Waals surface area contributed by atoms with Gasteiger partial charge in [0.05, 0.1) is 6.42 Å². The topological polar surface area (TPSA) is 34.1 Å². The van der Waals surface area contributed by atoms with Crippen LogP contribution in [0.4, 0.5) is 0 Å². The molecule has 0 amide bonds. The van der Waals surface area contributed by atoms with Gasteiger partial charge in [0.25, 0.3) is 0 Å². The van der Waals surface area contributed by atoms with Gasteiger partial charge in [-0.05, 0) is 11.8 Å². The number of carbonyl (C=O) groups is 2. The van der Waals surface area contributed by atoms with Crippen LogP contribution in [0.1, 0.15) is 40.5 Å². The van der Waals surface area contributed by atoms with E-state index in [1.807, 2.05) is 13.8 Å². The largest absolute Gasteiger partial charge is 0.299 e. The van der Waals surface area contributed by atoms with Crippen LogP contribution in [0, 0.1) is 17.3 Å². The zero-order chi connectivity index (χ0) is 10.2. The molecule has 0 heterocycles. The molecular weight excluding hydrogens is 164 g/mol. The lowest BCUT2D eigenvalue weighted by atomic mass is 9.99. The fourth-order valence-electron chi connectivity index (χ4n) is 1.52. The Bertz CT molecular complexity index is 238. The molecule has 13 heavy (non-hydrogen) atoms. The van der Waals surface area contributed by atoms with E-state index in [2.05, 4.69) is 13.8 Å². The molecular formula is C11H18O2. The highest BCUT2D eigenvalue weighted by Gasteiger charge is 2.50. The quantitative estimate of drug-likeness (QED) is 0.625. The van der Waals surface area contributed by atoms with Crippen molar-refractivity contribution in [2.45, 2.75) is 40.5 Å². The van der Waals surface area contributed by atoms with Gasteiger partial charge in [-0.2, -0.15) is 0 Å². The van der Waals surface area contributed by atoms with E-state index in [9.17, 15) is 9.59 Å². The Morgan fingerprint density at radius 1 is 1.38 bits per heavy atom. The van der Waals surface area contributed by atoms with Crippen molar-refractivity contribution in [3.05, 3.63) is 0 Å². The number of hydrogen-bond donors (Lipinski definition) is 0. The van der Waals surface area contributed by atoms with E-state index in [1.165, 1.54) is 0 Å². The van der Waals surface area contributed by atoms with Crippen molar-refractivity contribution in [2.24, 2.45) is 17.3 Å². The number of ketones is 2. The molecule has 0 radical (unpaired) electrons. The van der Waals surface area contributed by atoms with Crippen molar-refractivity contribution < 1.29 is 9.59 Å². The average Bonchev–Trinajstić information content (AvgIpc) is 2.59. The molecule has 0 N–H and O–H groups in total. The number of hydrogen-bond acceptors (Lipinski definition) is 2. The van der Waals surface area contributed by atoms with Crippen LogP contribution in [-0.4, -0.2) is 11.6 Å². The van der Waals surface area contributed by atoms with Gasteiger partial charge in [-0.1, -0.05) is 27.7 Å². The fourth-order valence-corrected chi connectivity index (χ4v) is 1.52. The molecule has 0 aliphatic heterocycles. The SMILES string of the molecule is CC(C)C(=O)CC(=O)C1CC1(C)C. The highest BCUT2D eigenvalue weighted by Crippen LogP contribution is 2.52. The lowest BCUT2D eigenvalue weighted by molar-refractivity contribution is -0.129. The van der Waals surface area contributed by atoms with Crippen LogP contribution in [-0.2, 0) is 9.59 Å². The molecule has 1 aliphatic carbocycles. The first kappa shape index (κ1) is 10.4. The summed E-state index contributed by atoms with van der Waals surface area (Å²) >= 11 is 0. The molecule has 0 aromatic rings. The van der Waals surface area contributed by atoms with Gasteiger partial charge in [-0.25, -0.2) is 0 Å². The highest BCUT2D eigenvalue weighted by molar-refractivity contribution is 6.02. The third kappa shape index (κ3) is 2.39. The summed E-state index contributed by atoms with van der Waals surface area (Å²) in [5.74, 6) is 0.359. The predicted molar refractivity (Wildman–Crippen MR) is 51.4 cm³/mol. The van der Waals surface area contributed by atoms with Crippen molar-refractivity contribution in [3.8, 4) is 0 Å². The Kier molecular flexibility index (Phi) is 2.60. The summed E-state index contributed by atoms with van der Waals surface area (Å²) in [5, 5.41) is 0. The van der Waals surface area contributed by atoms with Gasteiger partial charge in [-0.15, -0.1) is 0 Å². The summed E-state index contributed by atoms with van der Waals surface area (Å²) in [4.78, 5) is 22.8. The van der Waals surface area contributed by atoms with Crippen molar-refractivity contribution in [1.82, 2.24) is 0 Å². The first-order valence-corrected chi connectivity index (χ1v) is 4.90. The van der Waals surface area contributed by atoms with E-state index in [-0.39, 0.29) is 35.2 Å². The molecule has 0 bridgehead atoms. The minimum Gasteiger partial charge on any atom is -0.299 e. The first-order valence-electron chi connectivity index (χ1n) is 4.90. The van der Waals surface area contributed by atoms with Gasteiger partial charge in [0.15, 0.2) is 0 Å². The van der Waals surface area contributed by atoms with Crippen molar-refractivity contribution in [3.63, 3.8) is 0 Å². The minimum atomic E-state index is -0.00851. The van der Waals surface area contributed by atoms with Gasteiger partial charge in [0.1, 0.15) is 11.6 Å². The third-order valence-electron chi connectivity index (χ3n) is 2.89. The number of carbonyl (C=O) groups excluding carboxylic acids is 2. The molecule has 1 saturated carbocycles. The van der Waals surface area contributed by atoms with Crippen molar-refractivity contribution in [2.75, 3.05) is 0 Å². The summed E-state index contributed by atoms with van der Waals surface area (Å²) in [7, 11) is 0. The average molecular weight is 182 g/mol. The molecule has 0 aromatic heterocycles. The maximum atomic E-state index is 11.5. The maximum absolute atomic E-state index is 11.5. The van der Waals surface area contributed by atoms with Gasteiger partial charge < -0.3 is 0 Å². The third-order valence-corrected chi connectivity index (χ3v) is 2.89.